The molecule has 0 unspecified atom stereocenters. The number of hydrogen-bond acceptors (Lipinski definition) is 12. The second-order valence-corrected chi connectivity index (χ2v) is 14.5. The van der Waals surface area contributed by atoms with Crippen molar-refractivity contribution in [1.29, 1.82) is 0 Å². The van der Waals surface area contributed by atoms with Crippen molar-refractivity contribution in [2.24, 2.45) is 0 Å². The minimum Gasteiger partial charge on any atom is -0.345 e. The summed E-state index contributed by atoms with van der Waals surface area (Å²) in [6.07, 6.45) is 23.4. The standard InChI is InChI=1S/C20H21N7O.C12H15ClN4O.C8H7N3/c1-3-15-19(28)25(2)16-12-23-20(24-18(16)27(15)14-4-5-14)26-11-10-22-17(26)13-6-8-21-9-7-13;1-3-8-11(18)16(2)9-6-14-12(13)15-10(9)17(8)7-4-5-7;1-3-9-4-2-7(1)8-10-5-6-11-8/h6-12,14-15H,3-5H2,1-2H3;6-8H,3-5H2,1-2H3;1-6H,(H,10,11)/t15-;8-;/m11./s1. The van der Waals surface area contributed by atoms with E-state index in [0.717, 1.165) is 84.3 Å². The largest absolute Gasteiger partial charge is 0.345 e. The van der Waals surface area contributed by atoms with Crippen LogP contribution < -0.4 is 19.6 Å². The summed E-state index contributed by atoms with van der Waals surface area (Å²) in [5.41, 5.74) is 3.51. The van der Waals surface area contributed by atoms with Crippen LogP contribution in [0.3, 0.4) is 0 Å². The summed E-state index contributed by atoms with van der Waals surface area (Å²) in [5, 5.41) is 0.233. The Morgan fingerprint density at radius 1 is 0.684 bits per heavy atom. The number of amides is 2. The average Bonchev–Trinajstić information content (AvgIpc) is 4.16. The molecular weight excluding hydrogens is 744 g/mol. The Bertz CT molecular complexity index is 2330. The van der Waals surface area contributed by atoms with E-state index in [1.807, 2.05) is 42.0 Å². The number of anilines is 4. The summed E-state index contributed by atoms with van der Waals surface area (Å²) in [4.78, 5) is 70.1. The number of nitrogens with zero attached hydrogens (tertiary/aromatic N) is 13. The normalized spacial score (nSPS) is 18.6. The first kappa shape index (κ1) is 37.6. The van der Waals surface area contributed by atoms with Gasteiger partial charge in [-0.1, -0.05) is 13.8 Å². The van der Waals surface area contributed by atoms with E-state index in [1.165, 1.54) is 0 Å². The number of carbonyl (C=O) groups is 2. The van der Waals surface area contributed by atoms with Gasteiger partial charge < -0.3 is 24.6 Å². The topological polar surface area (TPSA) is 171 Å². The fourth-order valence-electron chi connectivity index (χ4n) is 7.31. The van der Waals surface area contributed by atoms with Gasteiger partial charge in [0.05, 0.1) is 12.4 Å². The highest BCUT2D eigenvalue weighted by molar-refractivity contribution is 6.28. The second kappa shape index (κ2) is 16.1. The fourth-order valence-corrected chi connectivity index (χ4v) is 7.43. The number of aromatic nitrogens is 10. The number of nitrogens with one attached hydrogen (secondary N) is 1. The van der Waals surface area contributed by atoms with Crippen LogP contribution in [0.2, 0.25) is 5.28 Å². The lowest BCUT2D eigenvalue weighted by Gasteiger charge is -2.40. The summed E-state index contributed by atoms with van der Waals surface area (Å²) >= 11 is 5.89. The molecule has 2 fully saturated rings. The number of likely N-dealkylation sites (N-methyl/N-ethyl adjacent to an activating group) is 2. The van der Waals surface area contributed by atoms with E-state index >= 15 is 0 Å². The molecule has 2 aliphatic carbocycles. The average molecular weight is 787 g/mol. The van der Waals surface area contributed by atoms with E-state index < -0.39 is 0 Å². The molecule has 1 N–H and O–H groups in total. The number of carbonyl (C=O) groups excluding carboxylic acids is 2. The van der Waals surface area contributed by atoms with Crippen LogP contribution in [-0.4, -0.2) is 99.5 Å². The first-order valence-electron chi connectivity index (χ1n) is 19.1. The number of fused-ring (bicyclic) bond motifs is 2. The van der Waals surface area contributed by atoms with Gasteiger partial charge in [0.2, 0.25) is 23.0 Å². The van der Waals surface area contributed by atoms with E-state index in [0.29, 0.717) is 18.0 Å². The molecular formula is C40H43ClN14O2. The Balaban J connectivity index is 0.000000133. The van der Waals surface area contributed by atoms with Crippen LogP contribution in [0, 0.1) is 0 Å². The Labute approximate surface area is 335 Å². The van der Waals surface area contributed by atoms with Gasteiger partial charge in [-0.3, -0.25) is 24.1 Å². The predicted octanol–water partition coefficient (Wildman–Crippen LogP) is 5.77. The highest BCUT2D eigenvalue weighted by Crippen LogP contribution is 2.43. The van der Waals surface area contributed by atoms with Crippen molar-refractivity contribution < 1.29 is 9.59 Å². The third-order valence-electron chi connectivity index (χ3n) is 10.5. The third kappa shape index (κ3) is 7.51. The summed E-state index contributed by atoms with van der Waals surface area (Å²) in [6, 6.07) is 8.16. The molecule has 6 aromatic heterocycles. The van der Waals surface area contributed by atoms with Crippen LogP contribution in [0.15, 0.2) is 86.2 Å². The lowest BCUT2D eigenvalue weighted by molar-refractivity contribution is -0.120. The molecule has 57 heavy (non-hydrogen) atoms. The van der Waals surface area contributed by atoms with Gasteiger partial charge in [0, 0.05) is 86.9 Å². The highest BCUT2D eigenvalue weighted by Gasteiger charge is 2.45. The minimum absolute atomic E-state index is 0.110. The van der Waals surface area contributed by atoms with Crippen LogP contribution in [-0.2, 0) is 9.59 Å². The van der Waals surface area contributed by atoms with Crippen LogP contribution in [0.4, 0.5) is 23.0 Å². The molecule has 2 amide bonds. The van der Waals surface area contributed by atoms with Crippen molar-refractivity contribution in [3.63, 3.8) is 0 Å². The maximum atomic E-state index is 12.8. The minimum atomic E-state index is -0.171. The number of hydrogen-bond donors (Lipinski definition) is 1. The van der Waals surface area contributed by atoms with Crippen molar-refractivity contribution in [3.8, 4) is 28.7 Å². The predicted molar refractivity (Wildman–Crippen MR) is 217 cm³/mol. The molecule has 8 heterocycles. The summed E-state index contributed by atoms with van der Waals surface area (Å²) in [6.45, 7) is 4.08. The molecule has 2 aliphatic heterocycles. The molecule has 2 atom stereocenters. The Morgan fingerprint density at radius 2 is 1.23 bits per heavy atom. The number of aromatic amines is 1. The van der Waals surface area contributed by atoms with E-state index in [2.05, 4.69) is 56.6 Å². The summed E-state index contributed by atoms with van der Waals surface area (Å²) in [7, 11) is 3.57. The van der Waals surface area contributed by atoms with Crippen molar-refractivity contribution >= 4 is 46.4 Å². The maximum Gasteiger partial charge on any atom is 0.249 e. The first-order valence-corrected chi connectivity index (χ1v) is 19.5. The maximum absolute atomic E-state index is 12.8. The van der Waals surface area contributed by atoms with Gasteiger partial charge in [-0.15, -0.1) is 0 Å². The van der Waals surface area contributed by atoms with Gasteiger partial charge in [0.15, 0.2) is 11.6 Å². The van der Waals surface area contributed by atoms with Crippen molar-refractivity contribution in [2.75, 3.05) is 33.7 Å². The van der Waals surface area contributed by atoms with Gasteiger partial charge in [0.25, 0.3) is 0 Å². The second-order valence-electron chi connectivity index (χ2n) is 14.2. The van der Waals surface area contributed by atoms with Crippen LogP contribution in [0.1, 0.15) is 52.4 Å². The number of halogens is 1. The van der Waals surface area contributed by atoms with Gasteiger partial charge in [0.1, 0.15) is 35.1 Å². The van der Waals surface area contributed by atoms with E-state index in [-0.39, 0.29) is 29.2 Å². The molecule has 6 aromatic rings. The summed E-state index contributed by atoms with van der Waals surface area (Å²) in [5.74, 6) is 4.04. The van der Waals surface area contributed by atoms with Crippen LogP contribution >= 0.6 is 11.6 Å². The number of pyridine rings is 2. The highest BCUT2D eigenvalue weighted by atomic mass is 35.5. The third-order valence-corrected chi connectivity index (χ3v) is 10.7. The van der Waals surface area contributed by atoms with Gasteiger partial charge in [-0.05, 0) is 74.4 Å². The molecule has 10 rings (SSSR count). The molecule has 4 aliphatic rings. The Kier molecular flexibility index (Phi) is 10.6. The van der Waals surface area contributed by atoms with Gasteiger partial charge in [-0.2, -0.15) is 9.97 Å². The number of H-pyrrole nitrogens is 1. The molecule has 17 heteroatoms. The smallest absolute Gasteiger partial charge is 0.249 e. The summed E-state index contributed by atoms with van der Waals surface area (Å²) < 4.78 is 1.87. The molecule has 2 saturated carbocycles. The Morgan fingerprint density at radius 3 is 1.75 bits per heavy atom. The molecule has 0 aromatic carbocycles. The first-order chi connectivity index (χ1) is 27.8. The van der Waals surface area contributed by atoms with Crippen molar-refractivity contribution in [3.05, 3.63) is 91.5 Å². The molecule has 16 nitrogen and oxygen atoms in total. The zero-order chi connectivity index (χ0) is 39.6. The van der Waals surface area contributed by atoms with Crippen molar-refractivity contribution in [1.82, 2.24) is 49.4 Å². The zero-order valence-corrected chi connectivity index (χ0v) is 32.9. The lowest BCUT2D eigenvalue weighted by Crippen LogP contribution is -2.53. The number of imidazole rings is 2. The van der Waals surface area contributed by atoms with E-state index in [9.17, 15) is 9.59 Å². The molecule has 0 saturated heterocycles. The zero-order valence-electron chi connectivity index (χ0n) is 32.1. The van der Waals surface area contributed by atoms with Crippen LogP contribution in [0.5, 0.6) is 0 Å². The van der Waals surface area contributed by atoms with E-state index in [4.69, 9.17) is 16.6 Å². The molecule has 0 bridgehead atoms. The van der Waals surface area contributed by atoms with Crippen molar-refractivity contribution in [2.45, 2.75) is 76.5 Å². The SMILES string of the molecule is CC[C@@H]1C(=O)N(C)c2cnc(-n3ccnc3-c3ccncc3)nc2N1C1CC1.CC[C@@H]1C(=O)N(C)c2cnc(Cl)nc2N1C1CC1.c1cc(-c2ncc[nH]2)ccn1. The lowest BCUT2D eigenvalue weighted by atomic mass is 10.1. The molecule has 292 valence electrons. The molecule has 0 spiro atoms. The van der Waals surface area contributed by atoms with Gasteiger partial charge >= 0.3 is 0 Å². The fraction of sp³-hybridized carbons (Fsp3) is 0.350. The molecule has 0 radical (unpaired) electrons. The van der Waals surface area contributed by atoms with Gasteiger partial charge in [-0.25, -0.2) is 19.9 Å². The quantitative estimate of drug-likeness (QED) is 0.194. The number of rotatable bonds is 7. The monoisotopic (exact) mass is 786 g/mol. The Hall–Kier alpha value is -6.29. The van der Waals surface area contributed by atoms with E-state index in [1.54, 1.807) is 79.7 Å². The van der Waals surface area contributed by atoms with Crippen LogP contribution in [0.25, 0.3) is 28.7 Å².